The fourth-order valence-electron chi connectivity index (χ4n) is 6.14. The molecule has 3 aliphatic rings. The van der Waals surface area contributed by atoms with E-state index in [-0.39, 0.29) is 30.1 Å². The highest BCUT2D eigenvalue weighted by Gasteiger charge is 2.35. The molecule has 0 heterocycles. The Hall–Kier alpha value is -1.32. The second-order valence-electron chi connectivity index (χ2n) is 10.3. The van der Waals surface area contributed by atoms with Gasteiger partial charge in [-0.25, -0.2) is 4.79 Å². The maximum atomic E-state index is 12.7. The van der Waals surface area contributed by atoms with Crippen LogP contribution < -0.4 is 0 Å². The van der Waals surface area contributed by atoms with E-state index in [0.717, 1.165) is 82.0 Å². The van der Waals surface area contributed by atoms with Crippen LogP contribution in [0.15, 0.2) is 12.2 Å². The highest BCUT2D eigenvalue weighted by Crippen LogP contribution is 2.41. The summed E-state index contributed by atoms with van der Waals surface area (Å²) < 4.78 is 11.5. The van der Waals surface area contributed by atoms with Gasteiger partial charge in [-0.1, -0.05) is 32.3 Å². The first-order chi connectivity index (χ1) is 15.1. The first-order valence-corrected chi connectivity index (χ1v) is 13.1. The standard InChI is InChI=1S/C27H44O4/c1-3-5-7-20-8-16-25(17-9-20)31-27(29)23-12-10-21(11-13-23)22-14-18-24(19-15-22)30-26(28)6-4-2/h4,6,20-25H,3,5,7-19H2,1-2H3/b6-4+. The molecule has 3 saturated carbocycles. The van der Waals surface area contributed by atoms with E-state index in [1.165, 1.54) is 38.2 Å². The molecule has 3 rings (SSSR count). The van der Waals surface area contributed by atoms with Gasteiger partial charge in [-0.15, -0.1) is 0 Å². The SMILES string of the molecule is C/C=C/C(=O)OC1CCC(C2CCC(C(=O)OC3CCC(CCCC)CC3)CC2)CC1. The molecule has 0 atom stereocenters. The fraction of sp³-hybridized carbons (Fsp3) is 0.852. The molecular formula is C27H44O4. The minimum absolute atomic E-state index is 0.0788. The molecule has 0 aliphatic heterocycles. The Morgan fingerprint density at radius 3 is 1.90 bits per heavy atom. The van der Waals surface area contributed by atoms with Crippen molar-refractivity contribution < 1.29 is 19.1 Å². The summed E-state index contributed by atoms with van der Waals surface area (Å²) in [4.78, 5) is 24.4. The minimum atomic E-state index is -0.209. The van der Waals surface area contributed by atoms with Crippen LogP contribution in [0.3, 0.4) is 0 Å². The lowest BCUT2D eigenvalue weighted by molar-refractivity contribution is -0.157. The van der Waals surface area contributed by atoms with Gasteiger partial charge in [-0.2, -0.15) is 0 Å². The number of hydrogen-bond donors (Lipinski definition) is 0. The molecule has 0 N–H and O–H groups in total. The van der Waals surface area contributed by atoms with E-state index in [4.69, 9.17) is 9.47 Å². The van der Waals surface area contributed by atoms with Crippen LogP contribution in [0.25, 0.3) is 0 Å². The number of carbonyl (C=O) groups excluding carboxylic acids is 2. The molecule has 3 fully saturated rings. The van der Waals surface area contributed by atoms with Gasteiger partial charge in [0.1, 0.15) is 12.2 Å². The van der Waals surface area contributed by atoms with Crippen LogP contribution in [0, 0.1) is 23.7 Å². The zero-order chi connectivity index (χ0) is 22.1. The van der Waals surface area contributed by atoms with Crippen LogP contribution in [-0.2, 0) is 19.1 Å². The van der Waals surface area contributed by atoms with E-state index in [1.54, 1.807) is 6.08 Å². The monoisotopic (exact) mass is 432 g/mol. The molecule has 0 amide bonds. The Balaban J connectivity index is 1.32. The molecule has 4 heteroatoms. The van der Waals surface area contributed by atoms with Crippen LogP contribution in [0.2, 0.25) is 0 Å². The van der Waals surface area contributed by atoms with Crippen molar-refractivity contribution in [2.24, 2.45) is 23.7 Å². The zero-order valence-electron chi connectivity index (χ0n) is 19.9. The highest BCUT2D eigenvalue weighted by atomic mass is 16.5. The van der Waals surface area contributed by atoms with Crippen molar-refractivity contribution in [2.45, 2.75) is 122 Å². The van der Waals surface area contributed by atoms with E-state index in [0.29, 0.717) is 0 Å². The molecule has 31 heavy (non-hydrogen) atoms. The maximum Gasteiger partial charge on any atom is 0.330 e. The summed E-state index contributed by atoms with van der Waals surface area (Å²) >= 11 is 0. The largest absolute Gasteiger partial charge is 0.462 e. The van der Waals surface area contributed by atoms with Crippen molar-refractivity contribution in [3.63, 3.8) is 0 Å². The molecule has 3 aliphatic carbocycles. The Labute approximate surface area is 189 Å². The molecule has 0 bridgehead atoms. The lowest BCUT2D eigenvalue weighted by Gasteiger charge is -2.37. The average molecular weight is 433 g/mol. The van der Waals surface area contributed by atoms with E-state index in [9.17, 15) is 9.59 Å². The van der Waals surface area contributed by atoms with Gasteiger partial charge >= 0.3 is 11.9 Å². The first-order valence-electron chi connectivity index (χ1n) is 13.1. The summed E-state index contributed by atoms with van der Waals surface area (Å²) in [6, 6.07) is 0. The summed E-state index contributed by atoms with van der Waals surface area (Å²) in [7, 11) is 0. The van der Waals surface area contributed by atoms with E-state index >= 15 is 0 Å². The number of hydrogen-bond acceptors (Lipinski definition) is 4. The number of ether oxygens (including phenoxy) is 2. The molecule has 0 aromatic heterocycles. The van der Waals surface area contributed by atoms with E-state index in [2.05, 4.69) is 6.92 Å². The van der Waals surface area contributed by atoms with E-state index in [1.807, 2.05) is 6.92 Å². The predicted molar refractivity (Wildman–Crippen MR) is 123 cm³/mol. The quantitative estimate of drug-likeness (QED) is 0.314. The second-order valence-corrected chi connectivity index (χ2v) is 10.3. The van der Waals surface area contributed by atoms with Gasteiger partial charge in [0.05, 0.1) is 5.92 Å². The molecule has 0 aromatic rings. The van der Waals surface area contributed by atoms with Crippen molar-refractivity contribution in [3.8, 4) is 0 Å². The van der Waals surface area contributed by atoms with Crippen LogP contribution in [-0.4, -0.2) is 24.1 Å². The second kappa shape index (κ2) is 12.6. The highest BCUT2D eigenvalue weighted by molar-refractivity contribution is 5.81. The molecule has 176 valence electrons. The topological polar surface area (TPSA) is 52.6 Å². The van der Waals surface area contributed by atoms with Crippen LogP contribution in [0.1, 0.15) is 110 Å². The van der Waals surface area contributed by atoms with E-state index < -0.39 is 0 Å². The Morgan fingerprint density at radius 2 is 1.32 bits per heavy atom. The smallest absolute Gasteiger partial charge is 0.330 e. The third-order valence-corrected chi connectivity index (χ3v) is 8.12. The van der Waals surface area contributed by atoms with Crippen molar-refractivity contribution >= 4 is 11.9 Å². The Bertz CT molecular complexity index is 574. The molecular weight excluding hydrogens is 388 g/mol. The summed E-state index contributed by atoms with van der Waals surface area (Å²) in [6.07, 6.45) is 20.6. The summed E-state index contributed by atoms with van der Waals surface area (Å²) in [5.74, 6) is 2.30. The Kier molecular flexibility index (Phi) is 9.93. The normalized spacial score (nSPS) is 34.4. The minimum Gasteiger partial charge on any atom is -0.462 e. The van der Waals surface area contributed by atoms with Gasteiger partial charge in [0.15, 0.2) is 0 Å². The van der Waals surface area contributed by atoms with Crippen molar-refractivity contribution in [3.05, 3.63) is 12.2 Å². The van der Waals surface area contributed by atoms with Crippen LogP contribution in [0.4, 0.5) is 0 Å². The zero-order valence-corrected chi connectivity index (χ0v) is 19.9. The number of carbonyl (C=O) groups is 2. The third-order valence-electron chi connectivity index (χ3n) is 8.12. The third kappa shape index (κ3) is 7.64. The molecule has 0 aromatic carbocycles. The number of rotatable bonds is 8. The van der Waals surface area contributed by atoms with Crippen molar-refractivity contribution in [1.82, 2.24) is 0 Å². The average Bonchev–Trinajstić information content (AvgIpc) is 2.79. The predicted octanol–water partition coefficient (Wildman–Crippen LogP) is 6.76. The van der Waals surface area contributed by atoms with Crippen molar-refractivity contribution in [1.29, 1.82) is 0 Å². The van der Waals surface area contributed by atoms with Crippen molar-refractivity contribution in [2.75, 3.05) is 0 Å². The number of esters is 2. The maximum absolute atomic E-state index is 12.7. The van der Waals surface area contributed by atoms with Gasteiger partial charge < -0.3 is 9.47 Å². The van der Waals surface area contributed by atoms with Gasteiger partial charge in [-0.05, 0) is 102 Å². The molecule has 0 unspecified atom stereocenters. The fourth-order valence-corrected chi connectivity index (χ4v) is 6.14. The number of unbranched alkanes of at least 4 members (excludes halogenated alkanes) is 1. The van der Waals surface area contributed by atoms with Gasteiger partial charge in [0.2, 0.25) is 0 Å². The summed E-state index contributed by atoms with van der Waals surface area (Å²) in [6.45, 7) is 4.10. The molecule has 4 nitrogen and oxygen atoms in total. The first kappa shape index (κ1) is 24.3. The van der Waals surface area contributed by atoms with Gasteiger partial charge in [-0.3, -0.25) is 4.79 Å². The van der Waals surface area contributed by atoms with Gasteiger partial charge in [0.25, 0.3) is 0 Å². The number of allylic oxidation sites excluding steroid dienone is 1. The molecule has 0 spiro atoms. The van der Waals surface area contributed by atoms with Gasteiger partial charge in [0, 0.05) is 6.08 Å². The summed E-state index contributed by atoms with van der Waals surface area (Å²) in [5.41, 5.74) is 0. The lowest BCUT2D eigenvalue weighted by atomic mass is 9.70. The molecule has 0 radical (unpaired) electrons. The Morgan fingerprint density at radius 1 is 0.774 bits per heavy atom. The lowest BCUT2D eigenvalue weighted by Crippen LogP contribution is -2.33. The van der Waals surface area contributed by atoms with Crippen LogP contribution in [0.5, 0.6) is 0 Å². The summed E-state index contributed by atoms with van der Waals surface area (Å²) in [5, 5.41) is 0. The van der Waals surface area contributed by atoms with Crippen LogP contribution >= 0.6 is 0 Å². The molecule has 0 saturated heterocycles.